The van der Waals surface area contributed by atoms with E-state index in [1.807, 2.05) is 43.3 Å². The Morgan fingerprint density at radius 1 is 1.05 bits per heavy atom. The van der Waals surface area contributed by atoms with Gasteiger partial charge in [0.1, 0.15) is 11.6 Å². The van der Waals surface area contributed by atoms with Gasteiger partial charge in [-0.25, -0.2) is 9.97 Å². The van der Waals surface area contributed by atoms with Crippen molar-refractivity contribution < 1.29 is 0 Å². The van der Waals surface area contributed by atoms with Crippen molar-refractivity contribution >= 4 is 34.1 Å². The predicted octanol–water partition coefficient (Wildman–Crippen LogP) is 4.90. The van der Waals surface area contributed by atoms with Gasteiger partial charge in [0.05, 0.1) is 10.5 Å². The number of benzene rings is 1. The molecular formula is C17H16ClN3. The summed E-state index contributed by atoms with van der Waals surface area (Å²) in [4.78, 5) is 9.15. The summed E-state index contributed by atoms with van der Waals surface area (Å²) in [6.45, 7) is 4.09. The average Bonchev–Trinajstić information content (AvgIpc) is 2.48. The summed E-state index contributed by atoms with van der Waals surface area (Å²) in [5.41, 5.74) is 2.95. The molecule has 0 bridgehead atoms. The molecule has 3 nitrogen and oxygen atoms in total. The maximum Gasteiger partial charge on any atom is 0.134 e. The Labute approximate surface area is 129 Å². The first-order valence-corrected chi connectivity index (χ1v) is 7.34. The fourth-order valence-electron chi connectivity index (χ4n) is 2.28. The zero-order chi connectivity index (χ0) is 14.8. The number of hydrogen-bond acceptors (Lipinski definition) is 3. The monoisotopic (exact) mass is 297 g/mol. The average molecular weight is 298 g/mol. The van der Waals surface area contributed by atoms with Gasteiger partial charge in [-0.2, -0.15) is 0 Å². The fraction of sp³-hybridized carbons (Fsp3) is 0.176. The number of pyridine rings is 2. The van der Waals surface area contributed by atoms with Crippen LogP contribution in [0.25, 0.3) is 10.9 Å². The summed E-state index contributed by atoms with van der Waals surface area (Å²) >= 11 is 6.21. The molecule has 106 valence electrons. The first-order valence-electron chi connectivity index (χ1n) is 6.96. The van der Waals surface area contributed by atoms with Crippen molar-refractivity contribution in [2.75, 3.05) is 5.32 Å². The smallest absolute Gasteiger partial charge is 0.134 e. The highest BCUT2D eigenvalue weighted by atomic mass is 35.5. The van der Waals surface area contributed by atoms with Crippen LogP contribution in [-0.2, 0) is 6.42 Å². The molecule has 4 heteroatoms. The molecular weight excluding hydrogens is 282 g/mol. The van der Waals surface area contributed by atoms with Crippen molar-refractivity contribution in [2.45, 2.75) is 20.3 Å². The maximum absolute atomic E-state index is 6.21. The van der Waals surface area contributed by atoms with E-state index in [9.17, 15) is 0 Å². The molecule has 1 N–H and O–H groups in total. The van der Waals surface area contributed by atoms with E-state index in [2.05, 4.69) is 28.3 Å². The van der Waals surface area contributed by atoms with Crippen molar-refractivity contribution in [1.82, 2.24) is 9.97 Å². The molecule has 0 saturated carbocycles. The van der Waals surface area contributed by atoms with E-state index >= 15 is 0 Å². The third kappa shape index (κ3) is 2.83. The molecule has 2 aromatic heterocycles. The van der Waals surface area contributed by atoms with E-state index in [4.69, 9.17) is 11.6 Å². The SMILES string of the molecule is CCc1ccc(C)nc1Nc1ccc2cccc(Cl)c2n1. The molecule has 2 heterocycles. The molecule has 3 aromatic rings. The Balaban J connectivity index is 2.02. The second-order valence-electron chi connectivity index (χ2n) is 4.95. The van der Waals surface area contributed by atoms with Crippen LogP contribution in [0, 0.1) is 6.92 Å². The molecule has 0 unspecified atom stereocenters. The van der Waals surface area contributed by atoms with Gasteiger partial charge in [-0.15, -0.1) is 0 Å². The Hall–Kier alpha value is -2.13. The molecule has 0 spiro atoms. The van der Waals surface area contributed by atoms with Crippen LogP contribution >= 0.6 is 11.6 Å². The van der Waals surface area contributed by atoms with Crippen molar-refractivity contribution in [1.29, 1.82) is 0 Å². The van der Waals surface area contributed by atoms with Crippen molar-refractivity contribution in [2.24, 2.45) is 0 Å². The highest BCUT2D eigenvalue weighted by Crippen LogP contribution is 2.25. The van der Waals surface area contributed by atoms with E-state index in [0.717, 1.165) is 34.7 Å². The van der Waals surface area contributed by atoms with Crippen molar-refractivity contribution in [3.63, 3.8) is 0 Å². The maximum atomic E-state index is 6.21. The number of nitrogens with one attached hydrogen (secondary N) is 1. The molecule has 21 heavy (non-hydrogen) atoms. The zero-order valence-corrected chi connectivity index (χ0v) is 12.8. The second-order valence-corrected chi connectivity index (χ2v) is 5.35. The summed E-state index contributed by atoms with van der Waals surface area (Å²) < 4.78 is 0. The van der Waals surface area contributed by atoms with Gasteiger partial charge in [-0.05, 0) is 43.2 Å². The molecule has 0 aliphatic heterocycles. The van der Waals surface area contributed by atoms with E-state index in [-0.39, 0.29) is 0 Å². The largest absolute Gasteiger partial charge is 0.325 e. The van der Waals surface area contributed by atoms with Crippen LogP contribution in [0.2, 0.25) is 5.02 Å². The predicted molar refractivity (Wildman–Crippen MR) is 88.4 cm³/mol. The van der Waals surface area contributed by atoms with Gasteiger partial charge >= 0.3 is 0 Å². The summed E-state index contributed by atoms with van der Waals surface area (Å²) in [7, 11) is 0. The number of hydrogen-bond donors (Lipinski definition) is 1. The summed E-state index contributed by atoms with van der Waals surface area (Å²) in [5.74, 6) is 1.61. The van der Waals surface area contributed by atoms with Crippen LogP contribution in [0.15, 0.2) is 42.5 Å². The van der Waals surface area contributed by atoms with Gasteiger partial charge in [0.25, 0.3) is 0 Å². The Bertz CT molecular complexity index is 799. The number of aromatic nitrogens is 2. The van der Waals surface area contributed by atoms with Crippen LogP contribution < -0.4 is 5.32 Å². The Morgan fingerprint density at radius 2 is 1.90 bits per heavy atom. The molecule has 0 amide bonds. The van der Waals surface area contributed by atoms with Gasteiger partial charge in [-0.1, -0.05) is 36.7 Å². The van der Waals surface area contributed by atoms with Crippen LogP contribution in [0.4, 0.5) is 11.6 Å². The fourth-order valence-corrected chi connectivity index (χ4v) is 2.51. The number of anilines is 2. The third-order valence-corrected chi connectivity index (χ3v) is 3.72. The van der Waals surface area contributed by atoms with Crippen LogP contribution in [0.5, 0.6) is 0 Å². The van der Waals surface area contributed by atoms with Crippen LogP contribution in [0.1, 0.15) is 18.2 Å². The van der Waals surface area contributed by atoms with Gasteiger partial charge < -0.3 is 5.32 Å². The molecule has 3 rings (SSSR count). The second kappa shape index (κ2) is 5.70. The van der Waals surface area contributed by atoms with Crippen molar-refractivity contribution in [3.05, 3.63) is 58.7 Å². The number of fused-ring (bicyclic) bond motifs is 1. The minimum atomic E-state index is 0.657. The molecule has 0 radical (unpaired) electrons. The standard InChI is InChI=1S/C17H16ClN3/c1-3-12-8-7-11(2)19-17(12)21-15-10-9-13-5-4-6-14(18)16(13)20-15/h4-10H,3H2,1-2H3,(H,19,20,21). The normalized spacial score (nSPS) is 10.8. The minimum absolute atomic E-state index is 0.657. The van der Waals surface area contributed by atoms with E-state index in [1.54, 1.807) is 0 Å². The summed E-state index contributed by atoms with van der Waals surface area (Å²) in [6, 6.07) is 13.9. The van der Waals surface area contributed by atoms with Gasteiger partial charge in [0.2, 0.25) is 0 Å². The molecule has 0 aliphatic carbocycles. The van der Waals surface area contributed by atoms with E-state index in [0.29, 0.717) is 5.02 Å². The highest BCUT2D eigenvalue weighted by Gasteiger charge is 2.06. The summed E-state index contributed by atoms with van der Waals surface area (Å²) in [6.07, 6.45) is 0.921. The number of halogens is 1. The third-order valence-electron chi connectivity index (χ3n) is 3.42. The van der Waals surface area contributed by atoms with Gasteiger partial charge in [-0.3, -0.25) is 0 Å². The van der Waals surface area contributed by atoms with Crippen molar-refractivity contribution in [3.8, 4) is 0 Å². The lowest BCUT2D eigenvalue weighted by Gasteiger charge is -2.11. The number of nitrogens with zero attached hydrogens (tertiary/aromatic N) is 2. The van der Waals surface area contributed by atoms with Gasteiger partial charge in [0, 0.05) is 11.1 Å². The molecule has 0 aliphatic rings. The molecule has 0 saturated heterocycles. The lowest BCUT2D eigenvalue weighted by atomic mass is 10.2. The number of para-hydroxylation sites is 1. The first-order chi connectivity index (χ1) is 10.2. The van der Waals surface area contributed by atoms with E-state index in [1.165, 1.54) is 5.56 Å². The number of aryl methyl sites for hydroxylation is 2. The minimum Gasteiger partial charge on any atom is -0.325 e. The Kier molecular flexibility index (Phi) is 3.76. The lowest BCUT2D eigenvalue weighted by molar-refractivity contribution is 1.08. The van der Waals surface area contributed by atoms with E-state index < -0.39 is 0 Å². The molecule has 1 aromatic carbocycles. The molecule has 0 fully saturated rings. The topological polar surface area (TPSA) is 37.8 Å². The summed E-state index contributed by atoms with van der Waals surface area (Å²) in [5, 5.41) is 4.99. The first kappa shape index (κ1) is 13.8. The Morgan fingerprint density at radius 3 is 2.71 bits per heavy atom. The van der Waals surface area contributed by atoms with Crippen LogP contribution in [0.3, 0.4) is 0 Å². The lowest BCUT2D eigenvalue weighted by Crippen LogP contribution is -2.01. The van der Waals surface area contributed by atoms with Gasteiger partial charge in [0.15, 0.2) is 0 Å². The quantitative estimate of drug-likeness (QED) is 0.747. The molecule has 0 atom stereocenters. The number of rotatable bonds is 3. The zero-order valence-electron chi connectivity index (χ0n) is 12.0. The van der Waals surface area contributed by atoms with Crippen LogP contribution in [-0.4, -0.2) is 9.97 Å². The highest BCUT2D eigenvalue weighted by molar-refractivity contribution is 6.35.